The summed E-state index contributed by atoms with van der Waals surface area (Å²) in [5.41, 5.74) is 4.58. The Bertz CT molecular complexity index is 743. The smallest absolute Gasteiger partial charge is 0.224 e. The van der Waals surface area contributed by atoms with Crippen LogP contribution in [0.25, 0.3) is 0 Å². The fraction of sp³-hybridized carbons (Fsp3) is 0.316. The molecule has 0 spiro atoms. The number of rotatable bonds is 6. The number of carbonyl (C=O) groups is 1. The summed E-state index contributed by atoms with van der Waals surface area (Å²) in [6.45, 7) is 2.36. The molecule has 3 rings (SSSR count). The summed E-state index contributed by atoms with van der Waals surface area (Å²) in [6.07, 6.45) is 0.257. The van der Waals surface area contributed by atoms with Crippen LogP contribution in [0, 0.1) is 0 Å². The van der Waals surface area contributed by atoms with Gasteiger partial charge in [-0.2, -0.15) is 0 Å². The molecule has 24 heavy (non-hydrogen) atoms. The van der Waals surface area contributed by atoms with Crippen molar-refractivity contribution in [3.63, 3.8) is 0 Å². The van der Waals surface area contributed by atoms with E-state index in [1.54, 1.807) is 14.2 Å². The summed E-state index contributed by atoms with van der Waals surface area (Å²) in [4.78, 5) is 12.3. The Hall–Kier alpha value is -2.53. The molecule has 5 heteroatoms. The van der Waals surface area contributed by atoms with Gasteiger partial charge >= 0.3 is 0 Å². The number of nitrogens with one attached hydrogen (secondary N) is 2. The zero-order valence-electron chi connectivity index (χ0n) is 14.0. The van der Waals surface area contributed by atoms with Gasteiger partial charge in [0.2, 0.25) is 5.91 Å². The van der Waals surface area contributed by atoms with Crippen molar-refractivity contribution in [3.05, 3.63) is 58.7 Å². The molecule has 126 valence electrons. The molecule has 0 atom stereocenters. The number of carbonyl (C=O) groups excluding carboxylic acids is 1. The summed E-state index contributed by atoms with van der Waals surface area (Å²) in [5, 5.41) is 6.29. The molecule has 0 bridgehead atoms. The molecule has 1 aliphatic rings. The van der Waals surface area contributed by atoms with E-state index in [1.165, 1.54) is 11.1 Å². The minimum atomic E-state index is -0.0415. The van der Waals surface area contributed by atoms with Crippen LogP contribution in [-0.2, 0) is 30.8 Å². The van der Waals surface area contributed by atoms with Gasteiger partial charge in [0.15, 0.2) is 0 Å². The van der Waals surface area contributed by atoms with Crippen molar-refractivity contribution in [3.8, 4) is 11.5 Å². The number of amides is 1. The van der Waals surface area contributed by atoms with Crippen LogP contribution in [0.1, 0.15) is 22.3 Å². The second kappa shape index (κ2) is 7.36. The normalized spacial score (nSPS) is 12.6. The standard InChI is InChI=1S/C19H22N2O3/c1-23-17-5-6-18(24-2)15(8-17)9-19(22)21-10-13-3-4-14-11-20-12-16(14)7-13/h3-8,20H,9-12H2,1-2H3,(H,21,22). The van der Waals surface area contributed by atoms with E-state index in [2.05, 4.69) is 28.8 Å². The van der Waals surface area contributed by atoms with Gasteiger partial charge in [-0.25, -0.2) is 0 Å². The van der Waals surface area contributed by atoms with E-state index in [-0.39, 0.29) is 12.3 Å². The van der Waals surface area contributed by atoms with Gasteiger partial charge in [-0.3, -0.25) is 4.79 Å². The topological polar surface area (TPSA) is 59.6 Å². The number of fused-ring (bicyclic) bond motifs is 1. The van der Waals surface area contributed by atoms with Crippen LogP contribution in [0.5, 0.6) is 11.5 Å². The Morgan fingerprint density at radius 2 is 1.92 bits per heavy atom. The lowest BCUT2D eigenvalue weighted by Gasteiger charge is -2.11. The number of hydrogen-bond donors (Lipinski definition) is 2. The van der Waals surface area contributed by atoms with Gasteiger partial charge in [-0.1, -0.05) is 18.2 Å². The van der Waals surface area contributed by atoms with Crippen LogP contribution >= 0.6 is 0 Å². The molecular formula is C19H22N2O3. The third-order valence-electron chi connectivity index (χ3n) is 4.23. The van der Waals surface area contributed by atoms with Crippen molar-refractivity contribution in [2.24, 2.45) is 0 Å². The van der Waals surface area contributed by atoms with Gasteiger partial charge < -0.3 is 20.1 Å². The highest BCUT2D eigenvalue weighted by Crippen LogP contribution is 2.24. The molecule has 0 fully saturated rings. The van der Waals surface area contributed by atoms with Gasteiger partial charge in [0.1, 0.15) is 11.5 Å². The number of benzene rings is 2. The second-order valence-electron chi connectivity index (χ2n) is 5.84. The highest BCUT2D eigenvalue weighted by atomic mass is 16.5. The Balaban J connectivity index is 1.61. The maximum absolute atomic E-state index is 12.3. The predicted molar refractivity (Wildman–Crippen MR) is 92.1 cm³/mol. The average Bonchev–Trinajstić information content (AvgIpc) is 3.07. The predicted octanol–water partition coefficient (Wildman–Crippen LogP) is 2.17. The van der Waals surface area contributed by atoms with Gasteiger partial charge in [-0.15, -0.1) is 0 Å². The summed E-state index contributed by atoms with van der Waals surface area (Å²) in [7, 11) is 3.20. The Kier molecular flexibility index (Phi) is 5.01. The first-order valence-electron chi connectivity index (χ1n) is 7.98. The first-order chi connectivity index (χ1) is 11.7. The van der Waals surface area contributed by atoms with Crippen molar-refractivity contribution in [1.82, 2.24) is 10.6 Å². The number of methoxy groups -OCH3 is 2. The van der Waals surface area contributed by atoms with Crippen molar-refractivity contribution in [1.29, 1.82) is 0 Å². The summed E-state index contributed by atoms with van der Waals surface area (Å²) >= 11 is 0. The zero-order chi connectivity index (χ0) is 16.9. The first kappa shape index (κ1) is 16.3. The van der Waals surface area contributed by atoms with Crippen molar-refractivity contribution in [2.45, 2.75) is 26.1 Å². The molecule has 2 aromatic carbocycles. The monoisotopic (exact) mass is 326 g/mol. The van der Waals surface area contributed by atoms with E-state index in [0.29, 0.717) is 18.0 Å². The molecule has 5 nitrogen and oxygen atoms in total. The summed E-state index contributed by atoms with van der Waals surface area (Å²) in [5.74, 6) is 1.36. The molecule has 0 radical (unpaired) electrons. The molecule has 1 amide bonds. The van der Waals surface area contributed by atoms with Crippen LogP contribution in [0.4, 0.5) is 0 Å². The minimum Gasteiger partial charge on any atom is -0.497 e. The van der Waals surface area contributed by atoms with E-state index in [1.807, 2.05) is 18.2 Å². The third-order valence-corrected chi connectivity index (χ3v) is 4.23. The van der Waals surface area contributed by atoms with Crippen LogP contribution in [0.3, 0.4) is 0 Å². The molecule has 0 aromatic heterocycles. The fourth-order valence-electron chi connectivity index (χ4n) is 2.91. The minimum absolute atomic E-state index is 0.0415. The maximum atomic E-state index is 12.3. The third kappa shape index (κ3) is 3.68. The van der Waals surface area contributed by atoms with Crippen molar-refractivity contribution >= 4 is 5.91 Å². The largest absolute Gasteiger partial charge is 0.497 e. The molecule has 1 aliphatic heterocycles. The molecule has 0 unspecified atom stereocenters. The van der Waals surface area contributed by atoms with Gasteiger partial charge in [0.05, 0.1) is 20.6 Å². The van der Waals surface area contributed by atoms with Crippen LogP contribution in [-0.4, -0.2) is 20.1 Å². The molecule has 0 aliphatic carbocycles. The Morgan fingerprint density at radius 3 is 2.71 bits per heavy atom. The van der Waals surface area contributed by atoms with Crippen molar-refractivity contribution < 1.29 is 14.3 Å². The molecule has 0 saturated carbocycles. The first-order valence-corrected chi connectivity index (χ1v) is 7.98. The Labute approximate surface area is 142 Å². The van der Waals surface area contributed by atoms with E-state index in [4.69, 9.17) is 9.47 Å². The lowest BCUT2D eigenvalue weighted by atomic mass is 10.1. The highest BCUT2D eigenvalue weighted by molar-refractivity contribution is 5.79. The van der Waals surface area contributed by atoms with Crippen LogP contribution in [0.15, 0.2) is 36.4 Å². The lowest BCUT2D eigenvalue weighted by Crippen LogP contribution is -2.24. The van der Waals surface area contributed by atoms with Crippen LogP contribution < -0.4 is 20.1 Å². The quantitative estimate of drug-likeness (QED) is 0.854. The van der Waals surface area contributed by atoms with E-state index in [0.717, 1.165) is 24.2 Å². The second-order valence-corrected chi connectivity index (χ2v) is 5.84. The molecule has 1 heterocycles. The van der Waals surface area contributed by atoms with Gasteiger partial charge in [0, 0.05) is 25.2 Å². The average molecular weight is 326 g/mol. The van der Waals surface area contributed by atoms with Gasteiger partial charge in [0.25, 0.3) is 0 Å². The van der Waals surface area contributed by atoms with E-state index >= 15 is 0 Å². The van der Waals surface area contributed by atoms with Gasteiger partial charge in [-0.05, 0) is 34.9 Å². The Morgan fingerprint density at radius 1 is 1.08 bits per heavy atom. The number of hydrogen-bond acceptors (Lipinski definition) is 4. The molecule has 2 aromatic rings. The maximum Gasteiger partial charge on any atom is 0.224 e. The van der Waals surface area contributed by atoms with E-state index in [9.17, 15) is 4.79 Å². The molecular weight excluding hydrogens is 304 g/mol. The summed E-state index contributed by atoms with van der Waals surface area (Å²) < 4.78 is 10.5. The number of ether oxygens (including phenoxy) is 2. The van der Waals surface area contributed by atoms with Crippen molar-refractivity contribution in [2.75, 3.05) is 14.2 Å². The SMILES string of the molecule is COc1ccc(OC)c(CC(=O)NCc2ccc3c(c2)CNC3)c1. The highest BCUT2D eigenvalue weighted by Gasteiger charge is 2.12. The zero-order valence-corrected chi connectivity index (χ0v) is 14.0. The van der Waals surface area contributed by atoms with E-state index < -0.39 is 0 Å². The molecule has 2 N–H and O–H groups in total. The van der Waals surface area contributed by atoms with Crippen LogP contribution in [0.2, 0.25) is 0 Å². The summed E-state index contributed by atoms with van der Waals surface area (Å²) in [6, 6.07) is 11.8. The fourth-order valence-corrected chi connectivity index (χ4v) is 2.91. The lowest BCUT2D eigenvalue weighted by molar-refractivity contribution is -0.120. The molecule has 0 saturated heterocycles.